The molecule has 1 aliphatic rings. The van der Waals surface area contributed by atoms with Gasteiger partial charge in [0, 0.05) is 32.7 Å². The molecule has 0 spiro atoms. The van der Waals surface area contributed by atoms with Gasteiger partial charge in [-0.2, -0.15) is 0 Å². The second kappa shape index (κ2) is 10.0. The molecule has 2 unspecified atom stereocenters. The number of benzene rings is 2. The van der Waals surface area contributed by atoms with Gasteiger partial charge in [0.25, 0.3) is 0 Å². The van der Waals surface area contributed by atoms with E-state index in [0.29, 0.717) is 6.54 Å². The number of piperazine rings is 1. The number of nitrogens with one attached hydrogen (secondary N) is 1. The van der Waals surface area contributed by atoms with Gasteiger partial charge in [-0.1, -0.05) is 60.2 Å². The largest absolute Gasteiger partial charge is 0.353 e. The van der Waals surface area contributed by atoms with E-state index in [2.05, 4.69) is 53.4 Å². The highest BCUT2D eigenvalue weighted by molar-refractivity contribution is 5.83. The topological polar surface area (TPSA) is 38.8 Å². The van der Waals surface area contributed by atoms with Crippen LogP contribution in [0.25, 0.3) is 0 Å². The number of rotatable bonds is 7. The number of hydrogen-bond acceptors (Lipinski definition) is 4. The van der Waals surface area contributed by atoms with Crippen molar-refractivity contribution in [1.29, 1.82) is 0 Å². The predicted molar refractivity (Wildman–Crippen MR) is 119 cm³/mol. The molecule has 1 N–H and O–H groups in total. The van der Waals surface area contributed by atoms with Crippen molar-refractivity contribution in [3.8, 4) is 0 Å². The molecule has 2 atom stereocenters. The summed E-state index contributed by atoms with van der Waals surface area (Å²) in [5, 5.41) is 3.25. The SMILES string of the molecule is Cc1ccc(C(CNC(=O)C(c2ccccc2)N(C)C)N2CCN(C)CC2)cc1. The molecule has 0 aliphatic carbocycles. The third-order valence-electron chi connectivity index (χ3n) is 5.79. The Morgan fingerprint density at radius 2 is 1.59 bits per heavy atom. The molecule has 2 aromatic rings. The van der Waals surface area contributed by atoms with Gasteiger partial charge in [0.05, 0.1) is 6.04 Å². The lowest BCUT2D eigenvalue weighted by Gasteiger charge is -2.38. The Labute approximate surface area is 175 Å². The summed E-state index contributed by atoms with van der Waals surface area (Å²) in [4.78, 5) is 20.0. The van der Waals surface area contributed by atoms with Crippen LogP contribution in [0.3, 0.4) is 0 Å². The predicted octanol–water partition coefficient (Wildman–Crippen LogP) is 2.70. The van der Waals surface area contributed by atoms with E-state index in [-0.39, 0.29) is 18.0 Å². The highest BCUT2D eigenvalue weighted by Crippen LogP contribution is 2.23. The van der Waals surface area contributed by atoms with Crippen LogP contribution < -0.4 is 5.32 Å². The zero-order chi connectivity index (χ0) is 20.8. The summed E-state index contributed by atoms with van der Waals surface area (Å²) in [5.74, 6) is 0.0486. The number of nitrogens with zero attached hydrogens (tertiary/aromatic N) is 3. The highest BCUT2D eigenvalue weighted by Gasteiger charge is 2.27. The lowest BCUT2D eigenvalue weighted by Crippen LogP contribution is -2.49. The van der Waals surface area contributed by atoms with Gasteiger partial charge in [0.2, 0.25) is 5.91 Å². The van der Waals surface area contributed by atoms with Gasteiger partial charge >= 0.3 is 0 Å². The van der Waals surface area contributed by atoms with Crippen molar-refractivity contribution in [2.45, 2.75) is 19.0 Å². The Balaban J connectivity index is 1.74. The molecule has 1 saturated heterocycles. The van der Waals surface area contributed by atoms with E-state index in [1.54, 1.807) is 0 Å². The summed E-state index contributed by atoms with van der Waals surface area (Å²) in [6.45, 7) is 6.86. The van der Waals surface area contributed by atoms with E-state index < -0.39 is 0 Å². The Hall–Kier alpha value is -2.21. The van der Waals surface area contributed by atoms with Gasteiger partial charge in [-0.25, -0.2) is 0 Å². The van der Waals surface area contributed by atoms with Crippen molar-refractivity contribution in [2.75, 3.05) is 53.9 Å². The first-order chi connectivity index (χ1) is 14.0. The van der Waals surface area contributed by atoms with E-state index in [4.69, 9.17) is 0 Å². The Bertz CT molecular complexity index is 767. The van der Waals surface area contributed by atoms with E-state index in [1.165, 1.54) is 11.1 Å². The summed E-state index contributed by atoms with van der Waals surface area (Å²) in [6, 6.07) is 18.6. The molecule has 5 nitrogen and oxygen atoms in total. The quantitative estimate of drug-likeness (QED) is 0.784. The Morgan fingerprint density at radius 3 is 2.17 bits per heavy atom. The average molecular weight is 395 g/mol. The second-order valence-electron chi connectivity index (χ2n) is 8.29. The van der Waals surface area contributed by atoms with E-state index in [1.807, 2.05) is 49.3 Å². The van der Waals surface area contributed by atoms with Crippen molar-refractivity contribution in [1.82, 2.24) is 20.0 Å². The molecule has 0 saturated carbocycles. The molecular formula is C24H34N4O. The maximum atomic E-state index is 13.1. The first kappa shape index (κ1) is 21.5. The minimum Gasteiger partial charge on any atom is -0.353 e. The van der Waals surface area contributed by atoms with Crippen molar-refractivity contribution in [3.05, 3.63) is 71.3 Å². The molecule has 0 aromatic heterocycles. The molecule has 0 radical (unpaired) electrons. The number of carbonyl (C=O) groups excluding carboxylic acids is 1. The maximum absolute atomic E-state index is 13.1. The fourth-order valence-corrected chi connectivity index (χ4v) is 3.99. The van der Waals surface area contributed by atoms with Crippen LogP contribution in [-0.4, -0.2) is 74.5 Å². The molecule has 5 heteroatoms. The average Bonchev–Trinajstić information content (AvgIpc) is 2.71. The summed E-state index contributed by atoms with van der Waals surface area (Å²) in [6.07, 6.45) is 0. The lowest BCUT2D eigenvalue weighted by molar-refractivity contribution is -0.126. The maximum Gasteiger partial charge on any atom is 0.242 e. The summed E-state index contributed by atoms with van der Waals surface area (Å²) < 4.78 is 0. The molecule has 1 aliphatic heterocycles. The number of carbonyl (C=O) groups is 1. The lowest BCUT2D eigenvalue weighted by atomic mass is 10.0. The molecule has 1 heterocycles. The standard InChI is InChI=1S/C24H34N4O/c1-19-10-12-20(13-11-19)22(28-16-14-27(4)15-17-28)18-25-24(29)23(26(2)3)21-8-6-5-7-9-21/h5-13,22-23H,14-18H2,1-4H3,(H,25,29). The molecule has 1 amide bonds. The van der Waals surface area contributed by atoms with Crippen LogP contribution in [-0.2, 0) is 4.79 Å². The van der Waals surface area contributed by atoms with Crippen LogP contribution in [0.1, 0.15) is 28.8 Å². The van der Waals surface area contributed by atoms with Crippen LogP contribution in [0, 0.1) is 6.92 Å². The molecular weight excluding hydrogens is 360 g/mol. The number of likely N-dealkylation sites (N-methyl/N-ethyl adjacent to an activating group) is 2. The number of hydrogen-bond donors (Lipinski definition) is 1. The van der Waals surface area contributed by atoms with Gasteiger partial charge in [-0.05, 0) is 39.2 Å². The fourth-order valence-electron chi connectivity index (χ4n) is 3.99. The number of amides is 1. The minimum atomic E-state index is -0.289. The van der Waals surface area contributed by atoms with Gasteiger partial charge in [-0.15, -0.1) is 0 Å². The number of aryl methyl sites for hydroxylation is 1. The van der Waals surface area contributed by atoms with Gasteiger partial charge < -0.3 is 10.2 Å². The molecule has 3 rings (SSSR count). The van der Waals surface area contributed by atoms with Crippen LogP contribution >= 0.6 is 0 Å². The van der Waals surface area contributed by atoms with E-state index in [9.17, 15) is 4.79 Å². The third-order valence-corrected chi connectivity index (χ3v) is 5.79. The van der Waals surface area contributed by atoms with E-state index in [0.717, 1.165) is 31.7 Å². The smallest absolute Gasteiger partial charge is 0.242 e. The molecule has 2 aromatic carbocycles. The van der Waals surface area contributed by atoms with Crippen LogP contribution in [0.15, 0.2) is 54.6 Å². The van der Waals surface area contributed by atoms with Crippen molar-refractivity contribution in [3.63, 3.8) is 0 Å². The van der Waals surface area contributed by atoms with Crippen molar-refractivity contribution in [2.24, 2.45) is 0 Å². The monoisotopic (exact) mass is 394 g/mol. The molecule has 0 bridgehead atoms. The van der Waals surface area contributed by atoms with Gasteiger partial charge in [-0.3, -0.25) is 14.6 Å². The van der Waals surface area contributed by atoms with Gasteiger partial charge in [0.1, 0.15) is 6.04 Å². The van der Waals surface area contributed by atoms with E-state index >= 15 is 0 Å². The van der Waals surface area contributed by atoms with Crippen LogP contribution in [0.4, 0.5) is 0 Å². The molecule has 156 valence electrons. The fraction of sp³-hybridized carbons (Fsp3) is 0.458. The van der Waals surface area contributed by atoms with Crippen LogP contribution in [0.2, 0.25) is 0 Å². The summed E-state index contributed by atoms with van der Waals surface area (Å²) >= 11 is 0. The van der Waals surface area contributed by atoms with Crippen LogP contribution in [0.5, 0.6) is 0 Å². The first-order valence-electron chi connectivity index (χ1n) is 10.4. The zero-order valence-electron chi connectivity index (χ0n) is 18.1. The highest BCUT2D eigenvalue weighted by atomic mass is 16.2. The summed E-state index contributed by atoms with van der Waals surface area (Å²) in [5.41, 5.74) is 3.54. The molecule has 29 heavy (non-hydrogen) atoms. The summed E-state index contributed by atoms with van der Waals surface area (Å²) in [7, 11) is 6.08. The van der Waals surface area contributed by atoms with Crippen molar-refractivity contribution < 1.29 is 4.79 Å². The Morgan fingerprint density at radius 1 is 0.966 bits per heavy atom. The zero-order valence-corrected chi connectivity index (χ0v) is 18.1. The van der Waals surface area contributed by atoms with Gasteiger partial charge in [0.15, 0.2) is 0 Å². The second-order valence-corrected chi connectivity index (χ2v) is 8.29. The third kappa shape index (κ3) is 5.66. The van der Waals surface area contributed by atoms with Crippen molar-refractivity contribution >= 4 is 5.91 Å². The minimum absolute atomic E-state index is 0.0486. The molecule has 1 fully saturated rings. The normalized spacial score (nSPS) is 17.8. The Kier molecular flexibility index (Phi) is 7.42. The first-order valence-corrected chi connectivity index (χ1v) is 10.4.